The lowest BCUT2D eigenvalue weighted by atomic mass is 9.92. The highest BCUT2D eigenvalue weighted by Crippen LogP contribution is 2.25. The molecular formula is C14H24N2. The normalized spacial score (nSPS) is 24.6. The second-order valence-corrected chi connectivity index (χ2v) is 4.56. The number of aromatic nitrogens is 1. The van der Waals surface area contributed by atoms with Crippen LogP contribution in [0.25, 0.3) is 0 Å². The van der Waals surface area contributed by atoms with Crippen molar-refractivity contribution < 1.29 is 0 Å². The van der Waals surface area contributed by atoms with Gasteiger partial charge in [0.1, 0.15) is 0 Å². The highest BCUT2D eigenvalue weighted by Gasteiger charge is 2.21. The molecule has 90 valence electrons. The van der Waals surface area contributed by atoms with Crippen LogP contribution in [0.1, 0.15) is 34.1 Å². The number of hydrogen-bond acceptors (Lipinski definition) is 2. The summed E-state index contributed by atoms with van der Waals surface area (Å²) in [5.74, 6) is 1.61. The summed E-state index contributed by atoms with van der Waals surface area (Å²) in [6, 6.07) is 4.16. The van der Waals surface area contributed by atoms with Crippen molar-refractivity contribution >= 4 is 5.69 Å². The first-order valence-corrected chi connectivity index (χ1v) is 6.40. The average molecular weight is 220 g/mol. The molecule has 2 atom stereocenters. The third-order valence-corrected chi connectivity index (χ3v) is 2.88. The molecule has 2 nitrogen and oxygen atoms in total. The summed E-state index contributed by atoms with van der Waals surface area (Å²) in [7, 11) is 0. The lowest BCUT2D eigenvalue weighted by Gasteiger charge is -2.36. The molecular weight excluding hydrogens is 196 g/mol. The maximum absolute atomic E-state index is 4.17. The van der Waals surface area contributed by atoms with Crippen molar-refractivity contribution in [1.82, 2.24) is 4.98 Å². The lowest BCUT2D eigenvalue weighted by molar-refractivity contribution is 0.357. The summed E-state index contributed by atoms with van der Waals surface area (Å²) in [5.41, 5.74) is 1.27. The molecule has 2 rings (SSSR count). The molecule has 0 aromatic carbocycles. The van der Waals surface area contributed by atoms with Gasteiger partial charge in [0.2, 0.25) is 0 Å². The van der Waals surface area contributed by atoms with Gasteiger partial charge in [0, 0.05) is 19.3 Å². The first-order chi connectivity index (χ1) is 7.75. The van der Waals surface area contributed by atoms with E-state index in [4.69, 9.17) is 0 Å². The zero-order chi connectivity index (χ0) is 12.0. The Morgan fingerprint density at radius 1 is 1.19 bits per heavy atom. The minimum atomic E-state index is 0.805. The molecule has 0 spiro atoms. The molecule has 1 aliphatic rings. The van der Waals surface area contributed by atoms with Crippen molar-refractivity contribution in [3.8, 4) is 0 Å². The van der Waals surface area contributed by atoms with Crippen LogP contribution in [0.2, 0.25) is 0 Å². The van der Waals surface area contributed by atoms with E-state index in [0.29, 0.717) is 0 Å². The highest BCUT2D eigenvalue weighted by molar-refractivity contribution is 5.44. The molecule has 2 unspecified atom stereocenters. The van der Waals surface area contributed by atoms with Crippen LogP contribution in [0.15, 0.2) is 24.5 Å². The van der Waals surface area contributed by atoms with Crippen LogP contribution >= 0.6 is 0 Å². The largest absolute Gasteiger partial charge is 0.370 e. The van der Waals surface area contributed by atoms with Gasteiger partial charge in [-0.2, -0.15) is 0 Å². The number of nitrogens with zero attached hydrogens (tertiary/aromatic N) is 2. The number of rotatable bonds is 1. The number of anilines is 1. The van der Waals surface area contributed by atoms with E-state index in [0.717, 1.165) is 11.8 Å². The van der Waals surface area contributed by atoms with Gasteiger partial charge in [-0.1, -0.05) is 27.7 Å². The van der Waals surface area contributed by atoms with Crippen LogP contribution in [0.3, 0.4) is 0 Å². The summed E-state index contributed by atoms with van der Waals surface area (Å²) < 4.78 is 0. The fraction of sp³-hybridized carbons (Fsp3) is 0.643. The third kappa shape index (κ3) is 3.51. The monoisotopic (exact) mass is 220 g/mol. The number of pyridine rings is 1. The van der Waals surface area contributed by atoms with E-state index < -0.39 is 0 Å². The fourth-order valence-corrected chi connectivity index (χ4v) is 2.41. The van der Waals surface area contributed by atoms with E-state index in [-0.39, 0.29) is 0 Å². The van der Waals surface area contributed by atoms with Gasteiger partial charge in [0.05, 0.1) is 11.9 Å². The van der Waals surface area contributed by atoms with E-state index >= 15 is 0 Å². The second-order valence-electron chi connectivity index (χ2n) is 4.56. The Bertz CT molecular complexity index is 274. The number of hydrogen-bond donors (Lipinski definition) is 0. The predicted octanol–water partition coefficient (Wildman–Crippen LogP) is 3.59. The van der Waals surface area contributed by atoms with E-state index in [1.807, 2.05) is 32.3 Å². The van der Waals surface area contributed by atoms with Crippen molar-refractivity contribution in [3.05, 3.63) is 24.5 Å². The first-order valence-electron chi connectivity index (χ1n) is 6.40. The standard InChI is InChI=1S/C12H18N2.C2H6/c1-10-6-11(2)9-14(8-10)12-4-3-5-13-7-12;1-2/h3-5,7,10-11H,6,8-9H2,1-2H3;1-2H3. The molecule has 2 heteroatoms. The second kappa shape index (κ2) is 6.51. The number of piperidine rings is 1. The summed E-state index contributed by atoms with van der Waals surface area (Å²) in [6.07, 6.45) is 5.15. The van der Waals surface area contributed by atoms with Gasteiger partial charge in [-0.3, -0.25) is 4.98 Å². The Labute approximate surface area is 99.7 Å². The van der Waals surface area contributed by atoms with Gasteiger partial charge >= 0.3 is 0 Å². The molecule has 0 aliphatic carbocycles. The molecule has 1 aromatic rings. The van der Waals surface area contributed by atoms with Crippen LogP contribution in [0.4, 0.5) is 5.69 Å². The van der Waals surface area contributed by atoms with E-state index in [1.165, 1.54) is 25.2 Å². The summed E-state index contributed by atoms with van der Waals surface area (Å²) in [5, 5.41) is 0. The zero-order valence-corrected chi connectivity index (χ0v) is 11.0. The van der Waals surface area contributed by atoms with E-state index in [9.17, 15) is 0 Å². The molecule has 0 bridgehead atoms. The van der Waals surface area contributed by atoms with Crippen LogP contribution in [-0.2, 0) is 0 Å². The summed E-state index contributed by atoms with van der Waals surface area (Å²) in [4.78, 5) is 6.62. The van der Waals surface area contributed by atoms with Gasteiger partial charge in [-0.05, 0) is 30.4 Å². The van der Waals surface area contributed by atoms with Crippen molar-refractivity contribution in [2.75, 3.05) is 18.0 Å². The molecule has 16 heavy (non-hydrogen) atoms. The molecule has 1 aliphatic heterocycles. The quantitative estimate of drug-likeness (QED) is 0.719. The van der Waals surface area contributed by atoms with E-state index in [1.54, 1.807) is 0 Å². The Hall–Kier alpha value is -1.05. The van der Waals surface area contributed by atoms with E-state index in [2.05, 4.69) is 29.8 Å². The minimum absolute atomic E-state index is 0.805. The van der Waals surface area contributed by atoms with Crippen molar-refractivity contribution in [2.45, 2.75) is 34.1 Å². The third-order valence-electron chi connectivity index (χ3n) is 2.88. The van der Waals surface area contributed by atoms with Crippen molar-refractivity contribution in [3.63, 3.8) is 0 Å². The molecule has 1 fully saturated rings. The van der Waals surface area contributed by atoms with Gasteiger partial charge in [-0.25, -0.2) is 0 Å². The van der Waals surface area contributed by atoms with Crippen LogP contribution in [0, 0.1) is 11.8 Å². The molecule has 0 amide bonds. The maximum Gasteiger partial charge on any atom is 0.0552 e. The first kappa shape index (κ1) is 13.0. The molecule has 0 radical (unpaired) electrons. The lowest BCUT2D eigenvalue weighted by Crippen LogP contribution is -2.38. The Morgan fingerprint density at radius 2 is 1.81 bits per heavy atom. The smallest absolute Gasteiger partial charge is 0.0552 e. The van der Waals surface area contributed by atoms with Gasteiger partial charge in [0.25, 0.3) is 0 Å². The molecule has 1 saturated heterocycles. The highest BCUT2D eigenvalue weighted by atomic mass is 15.1. The molecule has 2 heterocycles. The van der Waals surface area contributed by atoms with Crippen LogP contribution in [0.5, 0.6) is 0 Å². The molecule has 1 aromatic heterocycles. The van der Waals surface area contributed by atoms with Crippen molar-refractivity contribution in [2.24, 2.45) is 11.8 Å². The fourth-order valence-electron chi connectivity index (χ4n) is 2.41. The van der Waals surface area contributed by atoms with Gasteiger partial charge in [-0.15, -0.1) is 0 Å². The zero-order valence-electron chi connectivity index (χ0n) is 11.0. The maximum atomic E-state index is 4.17. The minimum Gasteiger partial charge on any atom is -0.370 e. The van der Waals surface area contributed by atoms with Crippen LogP contribution in [-0.4, -0.2) is 18.1 Å². The SMILES string of the molecule is CC.CC1CC(C)CN(c2cccnc2)C1. The van der Waals surface area contributed by atoms with Crippen LogP contribution < -0.4 is 4.90 Å². The topological polar surface area (TPSA) is 16.1 Å². The predicted molar refractivity (Wildman–Crippen MR) is 70.7 cm³/mol. The molecule has 0 N–H and O–H groups in total. The van der Waals surface area contributed by atoms with Gasteiger partial charge in [0.15, 0.2) is 0 Å². The Morgan fingerprint density at radius 3 is 2.31 bits per heavy atom. The van der Waals surface area contributed by atoms with Gasteiger partial charge < -0.3 is 4.90 Å². The van der Waals surface area contributed by atoms with Crippen molar-refractivity contribution in [1.29, 1.82) is 0 Å². The Kier molecular flexibility index (Phi) is 5.30. The summed E-state index contributed by atoms with van der Waals surface area (Å²) in [6.45, 7) is 11.0. The Balaban J connectivity index is 0.000000606. The summed E-state index contributed by atoms with van der Waals surface area (Å²) >= 11 is 0. The average Bonchev–Trinajstić information content (AvgIpc) is 2.32. The molecule has 0 saturated carbocycles.